The van der Waals surface area contributed by atoms with E-state index in [0.717, 1.165) is 12.8 Å². The van der Waals surface area contributed by atoms with Crippen LogP contribution in [-0.4, -0.2) is 23.3 Å². The number of fused-ring (bicyclic) bond motifs is 2. The zero-order chi connectivity index (χ0) is 6.27. The van der Waals surface area contributed by atoms with E-state index in [0.29, 0.717) is 12.1 Å². The van der Waals surface area contributed by atoms with Gasteiger partial charge in [0.2, 0.25) is 0 Å². The van der Waals surface area contributed by atoms with Crippen molar-refractivity contribution >= 4 is 0 Å². The van der Waals surface area contributed by atoms with Crippen molar-refractivity contribution in [2.45, 2.75) is 43.9 Å². The van der Waals surface area contributed by atoms with E-state index in [1.807, 2.05) is 0 Å². The zero-order valence-corrected chi connectivity index (χ0v) is 5.51. The molecule has 2 atom stereocenters. The molecule has 2 aliphatic rings. The summed E-state index contributed by atoms with van der Waals surface area (Å²) in [7, 11) is 0. The minimum atomic E-state index is -0.0104. The van der Waals surface area contributed by atoms with Crippen LogP contribution in [0.5, 0.6) is 0 Å². The van der Waals surface area contributed by atoms with Crippen LogP contribution in [0.15, 0.2) is 0 Å². The molecule has 2 nitrogen and oxygen atoms in total. The van der Waals surface area contributed by atoms with Gasteiger partial charge in [0.25, 0.3) is 0 Å². The Kier molecular flexibility index (Phi) is 1.24. The van der Waals surface area contributed by atoms with Gasteiger partial charge in [-0.2, -0.15) is 0 Å². The maximum Gasteiger partial charge on any atom is 0.0569 e. The largest absolute Gasteiger partial charge is 0.393 e. The van der Waals surface area contributed by atoms with Crippen LogP contribution in [0, 0.1) is 0 Å². The fourth-order valence-electron chi connectivity index (χ4n) is 2.03. The molecule has 2 bridgehead atoms. The normalized spacial score (nSPS) is 49.7. The van der Waals surface area contributed by atoms with Crippen LogP contribution < -0.4 is 5.32 Å². The molecule has 0 spiro atoms. The van der Waals surface area contributed by atoms with Gasteiger partial charge < -0.3 is 10.4 Å². The predicted octanol–water partition coefficient (Wildman–Crippen LogP) is 0.262. The molecule has 2 heterocycles. The Morgan fingerprint density at radius 1 is 1.11 bits per heavy atom. The SMILES string of the molecule is OC1C[C@@H]2CC[C@@H](C1)N2. The monoisotopic (exact) mass is 127 g/mol. The van der Waals surface area contributed by atoms with Gasteiger partial charge in [0, 0.05) is 12.1 Å². The number of nitrogens with one attached hydrogen (secondary N) is 1. The number of hydrogen-bond donors (Lipinski definition) is 2. The van der Waals surface area contributed by atoms with Crippen LogP contribution >= 0.6 is 0 Å². The van der Waals surface area contributed by atoms with Crippen molar-refractivity contribution in [2.24, 2.45) is 0 Å². The molecular formula is C7H13NO. The summed E-state index contributed by atoms with van der Waals surface area (Å²) >= 11 is 0. The van der Waals surface area contributed by atoms with Gasteiger partial charge in [0.15, 0.2) is 0 Å². The lowest BCUT2D eigenvalue weighted by Crippen LogP contribution is -2.40. The van der Waals surface area contributed by atoms with Gasteiger partial charge >= 0.3 is 0 Å². The third kappa shape index (κ3) is 0.970. The van der Waals surface area contributed by atoms with E-state index in [2.05, 4.69) is 5.32 Å². The lowest BCUT2D eigenvalue weighted by molar-refractivity contribution is 0.114. The van der Waals surface area contributed by atoms with Crippen molar-refractivity contribution in [3.05, 3.63) is 0 Å². The zero-order valence-electron chi connectivity index (χ0n) is 5.51. The first-order valence-electron chi connectivity index (χ1n) is 3.79. The third-order valence-electron chi connectivity index (χ3n) is 2.45. The average molecular weight is 127 g/mol. The molecule has 0 amide bonds. The summed E-state index contributed by atoms with van der Waals surface area (Å²) in [6.45, 7) is 0. The summed E-state index contributed by atoms with van der Waals surface area (Å²) in [5, 5.41) is 12.7. The summed E-state index contributed by atoms with van der Waals surface area (Å²) in [4.78, 5) is 0. The first kappa shape index (κ1) is 5.69. The summed E-state index contributed by atoms with van der Waals surface area (Å²) in [5.74, 6) is 0. The highest BCUT2D eigenvalue weighted by molar-refractivity contribution is 4.91. The summed E-state index contributed by atoms with van der Waals surface area (Å²) in [5.41, 5.74) is 0. The number of hydrogen-bond acceptors (Lipinski definition) is 2. The molecular weight excluding hydrogens is 114 g/mol. The van der Waals surface area contributed by atoms with Crippen molar-refractivity contribution in [3.63, 3.8) is 0 Å². The molecule has 0 radical (unpaired) electrons. The van der Waals surface area contributed by atoms with Gasteiger partial charge in [0.05, 0.1) is 6.10 Å². The van der Waals surface area contributed by atoms with E-state index in [4.69, 9.17) is 0 Å². The molecule has 2 saturated heterocycles. The van der Waals surface area contributed by atoms with Gasteiger partial charge in [-0.3, -0.25) is 0 Å². The van der Waals surface area contributed by atoms with Crippen LogP contribution in [0.3, 0.4) is 0 Å². The molecule has 0 saturated carbocycles. The molecule has 2 aliphatic heterocycles. The molecule has 2 fully saturated rings. The van der Waals surface area contributed by atoms with Gasteiger partial charge in [-0.05, 0) is 25.7 Å². The van der Waals surface area contributed by atoms with Crippen LogP contribution in [0.4, 0.5) is 0 Å². The molecule has 2 N–H and O–H groups in total. The molecule has 0 aliphatic carbocycles. The van der Waals surface area contributed by atoms with Gasteiger partial charge in [-0.15, -0.1) is 0 Å². The van der Waals surface area contributed by atoms with Crippen molar-refractivity contribution < 1.29 is 5.11 Å². The maximum absolute atomic E-state index is 9.25. The molecule has 0 aromatic heterocycles. The summed E-state index contributed by atoms with van der Waals surface area (Å²) < 4.78 is 0. The molecule has 2 rings (SSSR count). The van der Waals surface area contributed by atoms with Crippen molar-refractivity contribution in [3.8, 4) is 0 Å². The second-order valence-corrected chi connectivity index (χ2v) is 3.26. The van der Waals surface area contributed by atoms with E-state index in [1.165, 1.54) is 12.8 Å². The number of aliphatic hydroxyl groups excluding tert-OH is 1. The molecule has 2 heteroatoms. The first-order valence-corrected chi connectivity index (χ1v) is 3.79. The second kappa shape index (κ2) is 1.96. The Morgan fingerprint density at radius 3 is 2.22 bits per heavy atom. The number of rotatable bonds is 0. The number of piperidine rings is 1. The van der Waals surface area contributed by atoms with Crippen LogP contribution in [0.2, 0.25) is 0 Å². The van der Waals surface area contributed by atoms with E-state index in [1.54, 1.807) is 0 Å². The fourth-order valence-corrected chi connectivity index (χ4v) is 2.03. The van der Waals surface area contributed by atoms with Crippen molar-refractivity contribution in [1.82, 2.24) is 5.32 Å². The molecule has 0 unspecified atom stereocenters. The van der Waals surface area contributed by atoms with Crippen LogP contribution in [0.1, 0.15) is 25.7 Å². The number of aliphatic hydroxyl groups is 1. The lowest BCUT2D eigenvalue weighted by Gasteiger charge is -2.24. The lowest BCUT2D eigenvalue weighted by atomic mass is 10.0. The average Bonchev–Trinajstić information content (AvgIpc) is 2.11. The van der Waals surface area contributed by atoms with Gasteiger partial charge in [-0.1, -0.05) is 0 Å². The molecule has 9 heavy (non-hydrogen) atoms. The smallest absolute Gasteiger partial charge is 0.0569 e. The van der Waals surface area contributed by atoms with Gasteiger partial charge in [-0.25, -0.2) is 0 Å². The highest BCUT2D eigenvalue weighted by Crippen LogP contribution is 2.26. The predicted molar refractivity (Wildman–Crippen MR) is 35.2 cm³/mol. The van der Waals surface area contributed by atoms with Crippen LogP contribution in [0.25, 0.3) is 0 Å². The first-order chi connectivity index (χ1) is 4.34. The Hall–Kier alpha value is -0.0800. The maximum atomic E-state index is 9.25. The third-order valence-corrected chi connectivity index (χ3v) is 2.45. The topological polar surface area (TPSA) is 32.3 Å². The Morgan fingerprint density at radius 2 is 1.67 bits per heavy atom. The quantitative estimate of drug-likeness (QED) is 0.489. The minimum Gasteiger partial charge on any atom is -0.393 e. The summed E-state index contributed by atoms with van der Waals surface area (Å²) in [6, 6.07) is 1.28. The Bertz CT molecular complexity index is 103. The van der Waals surface area contributed by atoms with E-state index in [-0.39, 0.29) is 6.10 Å². The minimum absolute atomic E-state index is 0.0104. The molecule has 0 aromatic carbocycles. The van der Waals surface area contributed by atoms with E-state index >= 15 is 0 Å². The highest BCUT2D eigenvalue weighted by Gasteiger charge is 2.31. The second-order valence-electron chi connectivity index (χ2n) is 3.26. The standard InChI is InChI=1S/C7H13NO/c9-7-3-5-1-2-6(4-7)8-5/h5-9H,1-4H2/t5-,6-/m0/s1. The van der Waals surface area contributed by atoms with Gasteiger partial charge in [0.1, 0.15) is 0 Å². The summed E-state index contributed by atoms with van der Waals surface area (Å²) in [6.07, 6.45) is 4.51. The van der Waals surface area contributed by atoms with E-state index in [9.17, 15) is 5.11 Å². The fraction of sp³-hybridized carbons (Fsp3) is 1.00. The molecule has 52 valence electrons. The van der Waals surface area contributed by atoms with Crippen LogP contribution in [-0.2, 0) is 0 Å². The van der Waals surface area contributed by atoms with Crippen molar-refractivity contribution in [1.29, 1.82) is 0 Å². The van der Waals surface area contributed by atoms with Crippen molar-refractivity contribution in [2.75, 3.05) is 0 Å². The Labute approximate surface area is 55.3 Å². The molecule has 0 aromatic rings. The Balaban J connectivity index is 2.03. The van der Waals surface area contributed by atoms with E-state index < -0.39 is 0 Å². The highest BCUT2D eigenvalue weighted by atomic mass is 16.3.